The molecule has 1 N–H and O–H groups in total. The van der Waals surface area contributed by atoms with E-state index in [0.29, 0.717) is 6.04 Å². The van der Waals surface area contributed by atoms with Crippen LogP contribution < -0.4 is 4.90 Å². The van der Waals surface area contributed by atoms with Gasteiger partial charge in [-0.05, 0) is 56.7 Å². The van der Waals surface area contributed by atoms with Gasteiger partial charge in [-0.15, -0.1) is 0 Å². The summed E-state index contributed by atoms with van der Waals surface area (Å²) in [5, 5.41) is 9.56. The number of nitrogens with zero attached hydrogens (tertiary/aromatic N) is 1. The fourth-order valence-electron chi connectivity index (χ4n) is 2.76. The molecule has 1 saturated carbocycles. The SMILES string of the molecule is Cc1cccc(N(C)C2CCC(O)CC2)c1C. The molecule has 0 bridgehead atoms. The highest BCUT2D eigenvalue weighted by atomic mass is 16.3. The molecule has 0 atom stereocenters. The van der Waals surface area contributed by atoms with Crippen LogP contribution in [0.15, 0.2) is 18.2 Å². The van der Waals surface area contributed by atoms with Gasteiger partial charge in [0.05, 0.1) is 6.10 Å². The minimum atomic E-state index is -0.0711. The van der Waals surface area contributed by atoms with E-state index in [9.17, 15) is 5.11 Å². The largest absolute Gasteiger partial charge is 0.393 e. The molecule has 94 valence electrons. The van der Waals surface area contributed by atoms with Crippen molar-refractivity contribution in [1.82, 2.24) is 0 Å². The predicted octanol–water partition coefficient (Wildman–Crippen LogP) is 3.04. The second kappa shape index (κ2) is 5.09. The molecule has 1 aliphatic rings. The Morgan fingerprint density at radius 3 is 2.41 bits per heavy atom. The third-order valence-corrected chi connectivity index (χ3v) is 4.17. The molecule has 0 spiro atoms. The molecule has 1 aromatic carbocycles. The zero-order valence-electron chi connectivity index (χ0n) is 11.1. The fraction of sp³-hybridized carbons (Fsp3) is 0.600. The Balaban J connectivity index is 2.14. The lowest BCUT2D eigenvalue weighted by Crippen LogP contribution is -2.36. The summed E-state index contributed by atoms with van der Waals surface area (Å²) < 4.78 is 0. The lowest BCUT2D eigenvalue weighted by Gasteiger charge is -2.35. The third kappa shape index (κ3) is 2.63. The normalized spacial score (nSPS) is 24.7. The Morgan fingerprint density at radius 1 is 1.12 bits per heavy atom. The van der Waals surface area contributed by atoms with Gasteiger partial charge in [-0.25, -0.2) is 0 Å². The highest BCUT2D eigenvalue weighted by Crippen LogP contribution is 2.29. The highest BCUT2D eigenvalue weighted by Gasteiger charge is 2.23. The van der Waals surface area contributed by atoms with Crippen molar-refractivity contribution in [2.24, 2.45) is 0 Å². The lowest BCUT2D eigenvalue weighted by atomic mass is 9.91. The average molecular weight is 233 g/mol. The van der Waals surface area contributed by atoms with Gasteiger partial charge in [0.25, 0.3) is 0 Å². The molecule has 0 amide bonds. The molecule has 0 saturated heterocycles. The maximum atomic E-state index is 9.56. The second-order valence-corrected chi connectivity index (χ2v) is 5.29. The number of anilines is 1. The van der Waals surface area contributed by atoms with Gasteiger partial charge in [-0.2, -0.15) is 0 Å². The summed E-state index contributed by atoms with van der Waals surface area (Å²) in [7, 11) is 2.18. The fourth-order valence-corrected chi connectivity index (χ4v) is 2.76. The van der Waals surface area contributed by atoms with Gasteiger partial charge >= 0.3 is 0 Å². The van der Waals surface area contributed by atoms with Gasteiger partial charge in [0, 0.05) is 18.8 Å². The first kappa shape index (κ1) is 12.4. The molecule has 0 radical (unpaired) electrons. The van der Waals surface area contributed by atoms with Gasteiger partial charge < -0.3 is 10.0 Å². The first-order valence-corrected chi connectivity index (χ1v) is 6.56. The zero-order valence-corrected chi connectivity index (χ0v) is 11.1. The van der Waals surface area contributed by atoms with Crippen LogP contribution in [0.3, 0.4) is 0 Å². The summed E-state index contributed by atoms with van der Waals surface area (Å²) in [4.78, 5) is 2.40. The molecule has 0 aliphatic heterocycles. The highest BCUT2D eigenvalue weighted by molar-refractivity contribution is 5.56. The first-order chi connectivity index (χ1) is 8.09. The second-order valence-electron chi connectivity index (χ2n) is 5.29. The summed E-state index contributed by atoms with van der Waals surface area (Å²) in [5.41, 5.74) is 4.07. The molecule has 0 aromatic heterocycles. The molecule has 0 unspecified atom stereocenters. The number of aliphatic hydroxyl groups is 1. The van der Waals surface area contributed by atoms with Gasteiger partial charge in [-0.3, -0.25) is 0 Å². The van der Waals surface area contributed by atoms with Crippen molar-refractivity contribution >= 4 is 5.69 Å². The van der Waals surface area contributed by atoms with E-state index in [1.54, 1.807) is 0 Å². The summed E-state index contributed by atoms with van der Waals surface area (Å²) in [5.74, 6) is 0. The van der Waals surface area contributed by atoms with E-state index < -0.39 is 0 Å². The van der Waals surface area contributed by atoms with Crippen LogP contribution in [0.25, 0.3) is 0 Å². The third-order valence-electron chi connectivity index (χ3n) is 4.17. The number of benzene rings is 1. The lowest BCUT2D eigenvalue weighted by molar-refractivity contribution is 0.122. The van der Waals surface area contributed by atoms with Crippen molar-refractivity contribution < 1.29 is 5.11 Å². The topological polar surface area (TPSA) is 23.5 Å². The van der Waals surface area contributed by atoms with Crippen LogP contribution in [0.4, 0.5) is 5.69 Å². The maximum absolute atomic E-state index is 9.56. The average Bonchev–Trinajstić information content (AvgIpc) is 2.33. The van der Waals surface area contributed by atoms with Gasteiger partial charge in [-0.1, -0.05) is 12.1 Å². The molecule has 17 heavy (non-hydrogen) atoms. The summed E-state index contributed by atoms with van der Waals surface area (Å²) in [6.45, 7) is 4.36. The van der Waals surface area contributed by atoms with Gasteiger partial charge in [0.2, 0.25) is 0 Å². The van der Waals surface area contributed by atoms with Gasteiger partial charge in [0.1, 0.15) is 0 Å². The Morgan fingerprint density at radius 2 is 1.76 bits per heavy atom. The Kier molecular flexibility index (Phi) is 3.72. The van der Waals surface area contributed by atoms with E-state index in [-0.39, 0.29) is 6.10 Å². The summed E-state index contributed by atoms with van der Waals surface area (Å²) in [6, 6.07) is 7.08. The Bertz CT molecular complexity index is 381. The number of aryl methyl sites for hydroxylation is 1. The monoisotopic (exact) mass is 233 g/mol. The van der Waals surface area contributed by atoms with Crippen LogP contribution in [-0.2, 0) is 0 Å². The van der Waals surface area contributed by atoms with E-state index in [0.717, 1.165) is 25.7 Å². The van der Waals surface area contributed by atoms with Crippen molar-refractivity contribution in [3.8, 4) is 0 Å². The van der Waals surface area contributed by atoms with E-state index in [2.05, 4.69) is 44.0 Å². The van der Waals surface area contributed by atoms with Crippen LogP contribution in [0.2, 0.25) is 0 Å². The molecule has 1 fully saturated rings. The quantitative estimate of drug-likeness (QED) is 0.848. The molecule has 0 heterocycles. The standard InChI is InChI=1S/C15H23NO/c1-11-5-4-6-15(12(11)2)16(3)13-7-9-14(17)10-8-13/h4-6,13-14,17H,7-10H2,1-3H3. The van der Waals surface area contributed by atoms with E-state index in [1.165, 1.54) is 16.8 Å². The van der Waals surface area contributed by atoms with Crippen LogP contribution >= 0.6 is 0 Å². The maximum Gasteiger partial charge on any atom is 0.0541 e. The molecular weight excluding hydrogens is 210 g/mol. The summed E-state index contributed by atoms with van der Waals surface area (Å²) in [6.07, 6.45) is 4.02. The van der Waals surface area contributed by atoms with Crippen LogP contribution in [0, 0.1) is 13.8 Å². The van der Waals surface area contributed by atoms with E-state index in [4.69, 9.17) is 0 Å². The van der Waals surface area contributed by atoms with Crippen molar-refractivity contribution in [2.45, 2.75) is 51.7 Å². The van der Waals surface area contributed by atoms with Crippen LogP contribution in [0.1, 0.15) is 36.8 Å². The zero-order chi connectivity index (χ0) is 12.4. The van der Waals surface area contributed by atoms with Crippen molar-refractivity contribution in [3.05, 3.63) is 29.3 Å². The van der Waals surface area contributed by atoms with E-state index >= 15 is 0 Å². The number of rotatable bonds is 2. The Labute approximate surface area is 104 Å². The van der Waals surface area contributed by atoms with Crippen LogP contribution in [-0.4, -0.2) is 24.3 Å². The van der Waals surface area contributed by atoms with Gasteiger partial charge in [0.15, 0.2) is 0 Å². The van der Waals surface area contributed by atoms with Crippen molar-refractivity contribution in [1.29, 1.82) is 0 Å². The first-order valence-electron chi connectivity index (χ1n) is 6.56. The molecule has 2 heteroatoms. The van der Waals surface area contributed by atoms with E-state index in [1.807, 2.05) is 0 Å². The number of hydrogen-bond acceptors (Lipinski definition) is 2. The number of hydrogen-bond donors (Lipinski definition) is 1. The molecule has 2 nitrogen and oxygen atoms in total. The molecule has 1 aromatic rings. The predicted molar refractivity (Wildman–Crippen MR) is 72.6 cm³/mol. The molecule has 2 rings (SSSR count). The summed E-state index contributed by atoms with van der Waals surface area (Å²) >= 11 is 0. The number of aliphatic hydroxyl groups excluding tert-OH is 1. The Hall–Kier alpha value is -1.02. The van der Waals surface area contributed by atoms with Crippen LogP contribution in [0.5, 0.6) is 0 Å². The smallest absolute Gasteiger partial charge is 0.0541 e. The minimum absolute atomic E-state index is 0.0711. The van der Waals surface area contributed by atoms with Crippen molar-refractivity contribution in [3.63, 3.8) is 0 Å². The van der Waals surface area contributed by atoms with Crippen molar-refractivity contribution in [2.75, 3.05) is 11.9 Å². The molecular formula is C15H23NO. The minimum Gasteiger partial charge on any atom is -0.393 e. The molecule has 1 aliphatic carbocycles.